The van der Waals surface area contributed by atoms with Crippen LogP contribution in [-0.2, 0) is 9.59 Å². The van der Waals surface area contributed by atoms with Crippen LogP contribution in [0.3, 0.4) is 0 Å². The van der Waals surface area contributed by atoms with E-state index in [0.717, 1.165) is 4.90 Å². The molecule has 1 aliphatic rings. The van der Waals surface area contributed by atoms with Crippen LogP contribution in [0.15, 0.2) is 24.3 Å². The monoisotopic (exact) mass is 277 g/mol. The molecule has 0 bridgehead atoms. The van der Waals surface area contributed by atoms with Crippen molar-refractivity contribution >= 4 is 17.8 Å². The maximum Gasteiger partial charge on any atom is 0.339 e. The van der Waals surface area contributed by atoms with Gasteiger partial charge in [-0.25, -0.2) is 4.79 Å². The number of para-hydroxylation sites is 1. The molecule has 0 radical (unpaired) electrons. The third kappa shape index (κ3) is 2.79. The summed E-state index contributed by atoms with van der Waals surface area (Å²) in [5.74, 6) is -1.55. The molecule has 1 aromatic carbocycles. The highest BCUT2D eigenvalue weighted by molar-refractivity contribution is 6.03. The number of amides is 2. The highest BCUT2D eigenvalue weighted by atomic mass is 16.5. The van der Waals surface area contributed by atoms with E-state index in [9.17, 15) is 14.4 Å². The number of aromatic carboxylic acids is 1. The fourth-order valence-electron chi connectivity index (χ4n) is 2.10. The average Bonchev–Trinajstić information content (AvgIpc) is 2.65. The molecule has 2 amide bonds. The average molecular weight is 277 g/mol. The van der Waals surface area contributed by atoms with Gasteiger partial charge in [0, 0.05) is 12.3 Å². The van der Waals surface area contributed by atoms with E-state index in [0.29, 0.717) is 0 Å². The summed E-state index contributed by atoms with van der Waals surface area (Å²) < 4.78 is 5.37. The largest absolute Gasteiger partial charge is 0.491 e. The van der Waals surface area contributed by atoms with E-state index in [4.69, 9.17) is 9.84 Å². The van der Waals surface area contributed by atoms with E-state index in [2.05, 4.69) is 0 Å². The Hall–Kier alpha value is -2.37. The number of likely N-dealkylation sites (tertiary alicyclic amines) is 1. The van der Waals surface area contributed by atoms with Crippen molar-refractivity contribution in [3.8, 4) is 5.75 Å². The van der Waals surface area contributed by atoms with Crippen LogP contribution in [0.4, 0.5) is 0 Å². The van der Waals surface area contributed by atoms with Crippen molar-refractivity contribution in [2.45, 2.75) is 13.3 Å². The van der Waals surface area contributed by atoms with Crippen molar-refractivity contribution in [3.05, 3.63) is 29.8 Å². The van der Waals surface area contributed by atoms with Crippen molar-refractivity contribution in [2.24, 2.45) is 5.92 Å². The number of ether oxygens (including phenoxy) is 1. The van der Waals surface area contributed by atoms with Crippen molar-refractivity contribution in [1.82, 2.24) is 4.90 Å². The first-order valence-electron chi connectivity index (χ1n) is 6.30. The van der Waals surface area contributed by atoms with E-state index >= 15 is 0 Å². The SMILES string of the molecule is CC1CC(=O)N(CCOc2ccccc2C(=O)O)C1=O. The predicted octanol–water partition coefficient (Wildman–Crippen LogP) is 1.16. The second kappa shape index (κ2) is 5.73. The van der Waals surface area contributed by atoms with Crippen LogP contribution in [-0.4, -0.2) is 40.9 Å². The zero-order valence-electron chi connectivity index (χ0n) is 11.0. The van der Waals surface area contributed by atoms with E-state index in [1.807, 2.05) is 0 Å². The molecule has 1 unspecified atom stereocenters. The fourth-order valence-corrected chi connectivity index (χ4v) is 2.10. The molecule has 1 aliphatic heterocycles. The Bertz CT molecular complexity index is 554. The molecule has 1 heterocycles. The molecular formula is C14H15NO5. The Kier molecular flexibility index (Phi) is 4.02. The maximum absolute atomic E-state index is 11.7. The van der Waals surface area contributed by atoms with Crippen LogP contribution in [0.1, 0.15) is 23.7 Å². The van der Waals surface area contributed by atoms with E-state index in [1.54, 1.807) is 25.1 Å². The number of carboxylic acid groups (broad SMARTS) is 1. The number of hydrogen-bond acceptors (Lipinski definition) is 4. The van der Waals surface area contributed by atoms with Crippen LogP contribution in [0.5, 0.6) is 5.75 Å². The molecule has 1 atom stereocenters. The Morgan fingerprint density at radius 3 is 2.70 bits per heavy atom. The minimum atomic E-state index is -1.08. The van der Waals surface area contributed by atoms with Gasteiger partial charge in [-0.15, -0.1) is 0 Å². The van der Waals surface area contributed by atoms with E-state index < -0.39 is 5.97 Å². The molecule has 0 spiro atoms. The number of hydrogen-bond donors (Lipinski definition) is 1. The van der Waals surface area contributed by atoms with Gasteiger partial charge in [0.15, 0.2) is 0 Å². The second-order valence-corrected chi connectivity index (χ2v) is 4.64. The lowest BCUT2D eigenvalue weighted by Gasteiger charge is -2.15. The van der Waals surface area contributed by atoms with Crippen molar-refractivity contribution in [1.29, 1.82) is 0 Å². The molecule has 0 saturated carbocycles. The lowest BCUT2D eigenvalue weighted by Crippen LogP contribution is -2.34. The quantitative estimate of drug-likeness (QED) is 0.816. The molecule has 0 aliphatic carbocycles. The van der Waals surface area contributed by atoms with Crippen LogP contribution < -0.4 is 4.74 Å². The summed E-state index contributed by atoms with van der Waals surface area (Å²) >= 11 is 0. The van der Waals surface area contributed by atoms with E-state index in [1.165, 1.54) is 6.07 Å². The standard InChI is InChI=1S/C14H15NO5/c1-9-8-12(16)15(13(9)17)6-7-20-11-5-3-2-4-10(11)14(18)19/h2-5,9H,6-8H2,1H3,(H,18,19). The first-order chi connectivity index (χ1) is 9.50. The number of rotatable bonds is 5. The van der Waals surface area contributed by atoms with Gasteiger partial charge in [0.2, 0.25) is 11.8 Å². The van der Waals surface area contributed by atoms with Crippen molar-refractivity contribution in [3.63, 3.8) is 0 Å². The molecule has 0 aromatic heterocycles. The van der Waals surface area contributed by atoms with Crippen molar-refractivity contribution < 1.29 is 24.2 Å². The fraction of sp³-hybridized carbons (Fsp3) is 0.357. The van der Waals surface area contributed by atoms with Gasteiger partial charge in [-0.3, -0.25) is 14.5 Å². The van der Waals surface area contributed by atoms with Gasteiger partial charge >= 0.3 is 5.97 Å². The predicted molar refractivity (Wildman–Crippen MR) is 69.4 cm³/mol. The lowest BCUT2D eigenvalue weighted by molar-refractivity contribution is -0.139. The molecule has 6 nitrogen and oxygen atoms in total. The van der Waals surface area contributed by atoms with Gasteiger partial charge in [-0.05, 0) is 12.1 Å². The molecule has 2 rings (SSSR count). The molecule has 1 saturated heterocycles. The molecule has 6 heteroatoms. The number of carboxylic acids is 1. The molecule has 1 fully saturated rings. The number of carbonyl (C=O) groups excluding carboxylic acids is 2. The number of carbonyl (C=O) groups is 3. The Morgan fingerprint density at radius 2 is 2.10 bits per heavy atom. The minimum absolute atomic E-state index is 0.0555. The first kappa shape index (κ1) is 14.0. The van der Waals surface area contributed by atoms with Crippen molar-refractivity contribution in [2.75, 3.05) is 13.2 Å². The summed E-state index contributed by atoms with van der Waals surface area (Å²) in [7, 11) is 0. The molecule has 1 N–H and O–H groups in total. The van der Waals surface area contributed by atoms with Gasteiger partial charge in [-0.2, -0.15) is 0 Å². The van der Waals surface area contributed by atoms with Crippen LogP contribution in [0, 0.1) is 5.92 Å². The number of nitrogens with zero attached hydrogens (tertiary/aromatic N) is 1. The van der Waals surface area contributed by atoms with Gasteiger partial charge in [0.1, 0.15) is 17.9 Å². The highest BCUT2D eigenvalue weighted by Gasteiger charge is 2.35. The highest BCUT2D eigenvalue weighted by Crippen LogP contribution is 2.20. The topological polar surface area (TPSA) is 83.9 Å². The molecule has 20 heavy (non-hydrogen) atoms. The van der Waals surface area contributed by atoms with Crippen LogP contribution in [0.2, 0.25) is 0 Å². The third-order valence-electron chi connectivity index (χ3n) is 3.16. The summed E-state index contributed by atoms with van der Waals surface area (Å²) in [4.78, 5) is 35.4. The summed E-state index contributed by atoms with van der Waals surface area (Å²) in [5.41, 5.74) is 0.0555. The normalized spacial score (nSPS) is 18.4. The summed E-state index contributed by atoms with van der Waals surface area (Å²) in [5, 5.41) is 9.00. The minimum Gasteiger partial charge on any atom is -0.491 e. The van der Waals surface area contributed by atoms with Gasteiger partial charge in [-0.1, -0.05) is 19.1 Å². The summed E-state index contributed by atoms with van der Waals surface area (Å²) in [6, 6.07) is 6.24. The Labute approximate surface area is 115 Å². The van der Waals surface area contributed by atoms with E-state index in [-0.39, 0.29) is 48.6 Å². The van der Waals surface area contributed by atoms with Crippen LogP contribution in [0.25, 0.3) is 0 Å². The number of imide groups is 1. The molecule has 106 valence electrons. The third-order valence-corrected chi connectivity index (χ3v) is 3.16. The lowest BCUT2D eigenvalue weighted by atomic mass is 10.1. The second-order valence-electron chi connectivity index (χ2n) is 4.64. The Balaban J connectivity index is 1.95. The summed E-state index contributed by atoms with van der Waals surface area (Å²) in [6.45, 7) is 1.92. The molecule has 1 aromatic rings. The first-order valence-corrected chi connectivity index (χ1v) is 6.30. The van der Waals surface area contributed by atoms with Crippen LogP contribution >= 0.6 is 0 Å². The summed E-state index contributed by atoms with van der Waals surface area (Å²) in [6.07, 6.45) is 0.227. The smallest absolute Gasteiger partial charge is 0.339 e. The van der Waals surface area contributed by atoms with Gasteiger partial charge in [0.05, 0.1) is 6.54 Å². The van der Waals surface area contributed by atoms with Gasteiger partial charge < -0.3 is 9.84 Å². The maximum atomic E-state index is 11.7. The number of benzene rings is 1. The molecular weight excluding hydrogens is 262 g/mol. The zero-order chi connectivity index (χ0) is 14.7. The van der Waals surface area contributed by atoms with Gasteiger partial charge in [0.25, 0.3) is 0 Å². The zero-order valence-corrected chi connectivity index (χ0v) is 11.0. The Morgan fingerprint density at radius 1 is 1.40 bits per heavy atom.